The van der Waals surface area contributed by atoms with Gasteiger partial charge in [-0.15, -0.1) is 0 Å². The number of hydrogen-bond acceptors (Lipinski definition) is 2. The molecule has 0 radical (unpaired) electrons. The van der Waals surface area contributed by atoms with Gasteiger partial charge < -0.3 is 14.2 Å². The van der Waals surface area contributed by atoms with Crippen LogP contribution in [0.3, 0.4) is 0 Å². The Morgan fingerprint density at radius 3 is 2.45 bits per heavy atom. The molecule has 1 aromatic heterocycles. The SMILES string of the molecule is Cn1ccccc1=NC(=Nc1ccccc1)N1CCOCC1. The number of aromatic nitrogens is 1. The maximum absolute atomic E-state index is 5.43. The van der Waals surface area contributed by atoms with E-state index in [-0.39, 0.29) is 0 Å². The van der Waals surface area contributed by atoms with Crippen molar-refractivity contribution < 1.29 is 4.74 Å². The van der Waals surface area contributed by atoms with Gasteiger partial charge in [0.2, 0.25) is 5.96 Å². The summed E-state index contributed by atoms with van der Waals surface area (Å²) < 4.78 is 7.42. The Morgan fingerprint density at radius 2 is 1.73 bits per heavy atom. The highest BCUT2D eigenvalue weighted by molar-refractivity contribution is 5.83. The topological polar surface area (TPSA) is 42.1 Å². The number of ether oxygens (including phenoxy) is 1. The lowest BCUT2D eigenvalue weighted by atomic mass is 10.3. The van der Waals surface area contributed by atoms with E-state index in [2.05, 4.69) is 4.90 Å². The van der Waals surface area contributed by atoms with E-state index >= 15 is 0 Å². The Kier molecular flexibility index (Phi) is 4.65. The molecular formula is C17H20N4O. The van der Waals surface area contributed by atoms with E-state index in [0.29, 0.717) is 13.2 Å². The van der Waals surface area contributed by atoms with E-state index in [1.165, 1.54) is 0 Å². The first kappa shape index (κ1) is 14.5. The molecule has 0 spiro atoms. The summed E-state index contributed by atoms with van der Waals surface area (Å²) in [6, 6.07) is 15.9. The third-order valence-electron chi connectivity index (χ3n) is 3.52. The zero-order valence-electron chi connectivity index (χ0n) is 12.7. The fourth-order valence-electron chi connectivity index (χ4n) is 2.28. The van der Waals surface area contributed by atoms with Gasteiger partial charge >= 0.3 is 0 Å². The maximum atomic E-state index is 5.43. The van der Waals surface area contributed by atoms with E-state index in [0.717, 1.165) is 30.2 Å². The molecule has 1 aromatic carbocycles. The lowest BCUT2D eigenvalue weighted by Gasteiger charge is -2.27. The minimum absolute atomic E-state index is 0.713. The van der Waals surface area contributed by atoms with E-state index in [1.807, 2.05) is 66.3 Å². The van der Waals surface area contributed by atoms with Crippen LogP contribution in [0.25, 0.3) is 0 Å². The van der Waals surface area contributed by atoms with E-state index in [4.69, 9.17) is 14.7 Å². The van der Waals surface area contributed by atoms with Gasteiger partial charge in [0.15, 0.2) is 0 Å². The van der Waals surface area contributed by atoms with E-state index in [1.54, 1.807) is 0 Å². The maximum Gasteiger partial charge on any atom is 0.228 e. The summed E-state index contributed by atoms with van der Waals surface area (Å²) in [4.78, 5) is 11.7. The normalized spacial score (nSPS) is 16.9. The molecule has 0 amide bonds. The summed E-state index contributed by atoms with van der Waals surface area (Å²) in [6.07, 6.45) is 1.98. The molecule has 2 aromatic rings. The molecule has 1 fully saturated rings. The molecule has 0 unspecified atom stereocenters. The second-order valence-corrected chi connectivity index (χ2v) is 5.13. The highest BCUT2D eigenvalue weighted by atomic mass is 16.5. The van der Waals surface area contributed by atoms with Crippen molar-refractivity contribution in [3.63, 3.8) is 0 Å². The van der Waals surface area contributed by atoms with Crippen LogP contribution in [0.15, 0.2) is 64.7 Å². The molecule has 1 aliphatic rings. The number of para-hydroxylation sites is 1. The predicted octanol–water partition coefficient (Wildman–Crippen LogP) is 1.95. The lowest BCUT2D eigenvalue weighted by molar-refractivity contribution is 0.0675. The third kappa shape index (κ3) is 3.62. The largest absolute Gasteiger partial charge is 0.378 e. The number of guanidine groups is 1. The summed E-state index contributed by atoms with van der Waals surface area (Å²) >= 11 is 0. The van der Waals surface area contributed by atoms with Crippen LogP contribution in [0, 0.1) is 0 Å². The Labute approximate surface area is 130 Å². The summed E-state index contributed by atoms with van der Waals surface area (Å²) in [5, 5.41) is 0. The van der Waals surface area contributed by atoms with Gasteiger partial charge in [-0.3, -0.25) is 0 Å². The average Bonchev–Trinajstić information content (AvgIpc) is 2.58. The van der Waals surface area contributed by atoms with Crippen LogP contribution >= 0.6 is 0 Å². The first-order valence-corrected chi connectivity index (χ1v) is 7.46. The molecular weight excluding hydrogens is 276 g/mol. The van der Waals surface area contributed by atoms with Crippen molar-refractivity contribution in [2.45, 2.75) is 0 Å². The van der Waals surface area contributed by atoms with E-state index < -0.39 is 0 Å². The number of nitrogens with zero attached hydrogens (tertiary/aromatic N) is 4. The molecule has 5 nitrogen and oxygen atoms in total. The van der Waals surface area contributed by atoms with Crippen molar-refractivity contribution >= 4 is 11.6 Å². The number of hydrogen-bond donors (Lipinski definition) is 0. The Bertz CT molecular complexity index is 700. The van der Waals surface area contributed by atoms with Crippen molar-refractivity contribution in [3.05, 3.63) is 60.2 Å². The van der Waals surface area contributed by atoms with E-state index in [9.17, 15) is 0 Å². The van der Waals surface area contributed by atoms with Crippen molar-refractivity contribution in [1.29, 1.82) is 0 Å². The first-order valence-electron chi connectivity index (χ1n) is 7.46. The van der Waals surface area contributed by atoms with Gasteiger partial charge in [0.1, 0.15) is 5.49 Å². The van der Waals surface area contributed by atoms with Crippen LogP contribution in [-0.4, -0.2) is 41.7 Å². The number of pyridine rings is 1. The Hall–Kier alpha value is -2.40. The minimum atomic E-state index is 0.713. The Morgan fingerprint density at radius 1 is 1.00 bits per heavy atom. The molecule has 0 bridgehead atoms. The first-order chi connectivity index (χ1) is 10.8. The molecule has 1 saturated heterocycles. The van der Waals surface area contributed by atoms with Gasteiger partial charge in [-0.1, -0.05) is 24.3 Å². The Balaban J connectivity index is 2.01. The van der Waals surface area contributed by atoms with Crippen LogP contribution in [-0.2, 0) is 11.8 Å². The van der Waals surface area contributed by atoms with Gasteiger partial charge in [0, 0.05) is 26.3 Å². The predicted molar refractivity (Wildman–Crippen MR) is 86.9 cm³/mol. The van der Waals surface area contributed by atoms with Crippen molar-refractivity contribution in [1.82, 2.24) is 9.47 Å². The minimum Gasteiger partial charge on any atom is -0.378 e. The second-order valence-electron chi connectivity index (χ2n) is 5.13. The number of morpholine rings is 1. The van der Waals surface area contributed by atoms with Crippen LogP contribution < -0.4 is 5.49 Å². The average molecular weight is 296 g/mol. The van der Waals surface area contributed by atoms with Crippen LogP contribution in [0.4, 0.5) is 5.69 Å². The van der Waals surface area contributed by atoms with Crippen molar-refractivity contribution in [2.24, 2.45) is 17.0 Å². The summed E-state index contributed by atoms with van der Waals surface area (Å²) in [5.41, 5.74) is 1.79. The molecule has 0 N–H and O–H groups in total. The molecule has 114 valence electrons. The van der Waals surface area contributed by atoms with Crippen LogP contribution in [0.1, 0.15) is 0 Å². The zero-order valence-corrected chi connectivity index (χ0v) is 12.7. The molecule has 0 atom stereocenters. The summed E-state index contributed by atoms with van der Waals surface area (Å²) in [6.45, 7) is 3.05. The quantitative estimate of drug-likeness (QED) is 0.596. The summed E-state index contributed by atoms with van der Waals surface area (Å²) in [7, 11) is 1.98. The number of aliphatic imine (C=N–C) groups is 1. The number of rotatable bonds is 1. The third-order valence-corrected chi connectivity index (χ3v) is 3.52. The fourth-order valence-corrected chi connectivity index (χ4v) is 2.28. The fraction of sp³-hybridized carbons (Fsp3) is 0.294. The zero-order chi connectivity index (χ0) is 15.2. The van der Waals surface area contributed by atoms with Crippen LogP contribution in [0.2, 0.25) is 0 Å². The molecule has 0 saturated carbocycles. The van der Waals surface area contributed by atoms with Gasteiger partial charge in [0.25, 0.3) is 0 Å². The van der Waals surface area contributed by atoms with Crippen molar-refractivity contribution in [2.75, 3.05) is 26.3 Å². The number of benzene rings is 1. The molecule has 1 aliphatic heterocycles. The van der Waals surface area contributed by atoms with Crippen LogP contribution in [0.5, 0.6) is 0 Å². The monoisotopic (exact) mass is 296 g/mol. The highest BCUT2D eigenvalue weighted by Crippen LogP contribution is 2.12. The highest BCUT2D eigenvalue weighted by Gasteiger charge is 2.14. The molecule has 2 heterocycles. The van der Waals surface area contributed by atoms with Gasteiger partial charge in [-0.2, -0.15) is 4.99 Å². The number of aryl methyl sites for hydroxylation is 1. The molecule has 22 heavy (non-hydrogen) atoms. The summed E-state index contributed by atoms with van der Waals surface area (Å²) in [5.74, 6) is 0.733. The molecule has 0 aliphatic carbocycles. The van der Waals surface area contributed by atoms with Gasteiger partial charge in [-0.05, 0) is 24.3 Å². The smallest absolute Gasteiger partial charge is 0.228 e. The van der Waals surface area contributed by atoms with Gasteiger partial charge in [-0.25, -0.2) is 4.99 Å². The second kappa shape index (κ2) is 7.04. The van der Waals surface area contributed by atoms with Crippen molar-refractivity contribution in [3.8, 4) is 0 Å². The lowest BCUT2D eigenvalue weighted by Crippen LogP contribution is -2.41. The molecule has 3 rings (SSSR count). The standard InChI is InChI=1S/C17H20N4O/c1-20-10-6-5-9-16(20)19-17(21-11-13-22-14-12-21)18-15-7-3-2-4-8-15/h2-10H,11-14H2,1H3. The molecule has 5 heteroatoms. The van der Waals surface area contributed by atoms with Gasteiger partial charge in [0.05, 0.1) is 18.9 Å².